The van der Waals surface area contributed by atoms with Crippen LogP contribution in [0.4, 0.5) is 0 Å². The Morgan fingerprint density at radius 3 is 2.88 bits per heavy atom. The van der Waals surface area contributed by atoms with Crippen LogP contribution in [-0.4, -0.2) is 24.9 Å². The Bertz CT molecular complexity index is 423. The highest BCUT2D eigenvalue weighted by atomic mass is 35.5. The standard InChI is InChI=1S/C12H16ClNO3/c1-7(2-3-14)8-6-9-12(10(13)11(8)15)17-5-4-16-9/h6-7,15H,2-5,14H2,1H3. The Morgan fingerprint density at radius 1 is 1.47 bits per heavy atom. The third-order valence-electron chi connectivity index (χ3n) is 2.91. The smallest absolute Gasteiger partial charge is 0.183 e. The van der Waals surface area contributed by atoms with Crippen LogP contribution < -0.4 is 15.2 Å². The molecule has 0 amide bonds. The molecule has 3 N–H and O–H groups in total. The van der Waals surface area contributed by atoms with Gasteiger partial charge in [0, 0.05) is 5.56 Å². The zero-order chi connectivity index (χ0) is 12.4. The van der Waals surface area contributed by atoms with Crippen LogP contribution in [0.1, 0.15) is 24.8 Å². The summed E-state index contributed by atoms with van der Waals surface area (Å²) < 4.78 is 10.9. The second-order valence-corrected chi connectivity index (χ2v) is 4.51. The van der Waals surface area contributed by atoms with Crippen LogP contribution >= 0.6 is 11.6 Å². The fourth-order valence-electron chi connectivity index (χ4n) is 1.94. The van der Waals surface area contributed by atoms with Gasteiger partial charge in [0.25, 0.3) is 0 Å². The molecule has 0 fully saturated rings. The molecule has 0 bridgehead atoms. The van der Waals surface area contributed by atoms with Gasteiger partial charge in [-0.05, 0) is 24.9 Å². The lowest BCUT2D eigenvalue weighted by molar-refractivity contribution is 0.170. The first-order chi connectivity index (χ1) is 8.15. The number of hydrogen-bond donors (Lipinski definition) is 2. The summed E-state index contributed by atoms with van der Waals surface area (Å²) in [4.78, 5) is 0. The molecule has 5 heteroatoms. The van der Waals surface area contributed by atoms with Crippen molar-refractivity contribution in [2.75, 3.05) is 19.8 Å². The van der Waals surface area contributed by atoms with Crippen molar-refractivity contribution >= 4 is 11.6 Å². The number of nitrogens with two attached hydrogens (primary N) is 1. The van der Waals surface area contributed by atoms with Gasteiger partial charge in [-0.2, -0.15) is 0 Å². The van der Waals surface area contributed by atoms with Gasteiger partial charge in [0.2, 0.25) is 0 Å². The average molecular weight is 258 g/mol. The van der Waals surface area contributed by atoms with Gasteiger partial charge in [-0.15, -0.1) is 0 Å². The van der Waals surface area contributed by atoms with E-state index in [1.807, 2.05) is 6.92 Å². The molecular formula is C12H16ClNO3. The van der Waals surface area contributed by atoms with Crippen molar-refractivity contribution in [1.29, 1.82) is 0 Å². The largest absolute Gasteiger partial charge is 0.506 e. The molecule has 2 rings (SSSR count). The lowest BCUT2D eigenvalue weighted by Gasteiger charge is -2.23. The minimum Gasteiger partial charge on any atom is -0.506 e. The fourth-order valence-corrected chi connectivity index (χ4v) is 2.19. The minimum absolute atomic E-state index is 0.0665. The molecule has 94 valence electrons. The average Bonchev–Trinajstić information content (AvgIpc) is 2.34. The number of halogens is 1. The zero-order valence-electron chi connectivity index (χ0n) is 9.70. The van der Waals surface area contributed by atoms with E-state index in [1.165, 1.54) is 0 Å². The Kier molecular flexibility index (Phi) is 3.64. The number of phenolic OH excluding ortho intramolecular Hbond substituents is 1. The molecule has 1 aromatic rings. The van der Waals surface area contributed by atoms with Crippen LogP contribution in [0.25, 0.3) is 0 Å². The number of fused-ring (bicyclic) bond motifs is 1. The highest BCUT2D eigenvalue weighted by Gasteiger charge is 2.23. The van der Waals surface area contributed by atoms with E-state index >= 15 is 0 Å². The first-order valence-electron chi connectivity index (χ1n) is 5.66. The van der Waals surface area contributed by atoms with Crippen LogP contribution in [0.5, 0.6) is 17.2 Å². The molecule has 0 spiro atoms. The van der Waals surface area contributed by atoms with Crippen molar-refractivity contribution in [1.82, 2.24) is 0 Å². The Balaban J connectivity index is 2.43. The zero-order valence-corrected chi connectivity index (χ0v) is 10.5. The van der Waals surface area contributed by atoms with E-state index in [4.69, 9.17) is 26.8 Å². The Hall–Kier alpha value is -1.13. The van der Waals surface area contributed by atoms with Gasteiger partial charge in [0.1, 0.15) is 24.0 Å². The number of benzene rings is 1. The van der Waals surface area contributed by atoms with Crippen molar-refractivity contribution in [2.24, 2.45) is 5.73 Å². The topological polar surface area (TPSA) is 64.7 Å². The van der Waals surface area contributed by atoms with E-state index in [-0.39, 0.29) is 16.7 Å². The van der Waals surface area contributed by atoms with Crippen LogP contribution in [0.2, 0.25) is 5.02 Å². The molecule has 0 aromatic heterocycles. The summed E-state index contributed by atoms with van der Waals surface area (Å²) in [5.74, 6) is 1.22. The number of aromatic hydroxyl groups is 1. The molecule has 0 saturated carbocycles. The summed E-state index contributed by atoms with van der Waals surface area (Å²) in [6.07, 6.45) is 0.781. The second kappa shape index (κ2) is 5.02. The highest BCUT2D eigenvalue weighted by Crippen LogP contribution is 2.47. The third-order valence-corrected chi connectivity index (χ3v) is 3.26. The maximum atomic E-state index is 10.0. The van der Waals surface area contributed by atoms with Gasteiger partial charge < -0.3 is 20.3 Å². The van der Waals surface area contributed by atoms with E-state index in [1.54, 1.807) is 6.07 Å². The van der Waals surface area contributed by atoms with Crippen molar-refractivity contribution in [3.8, 4) is 17.2 Å². The summed E-state index contributed by atoms with van der Waals surface area (Å²) >= 11 is 6.07. The molecule has 1 aliphatic heterocycles. The first kappa shape index (κ1) is 12.3. The molecule has 1 aliphatic rings. The molecule has 1 heterocycles. The van der Waals surface area contributed by atoms with Crippen LogP contribution in [0.3, 0.4) is 0 Å². The van der Waals surface area contributed by atoms with E-state index in [0.717, 1.165) is 12.0 Å². The minimum atomic E-state index is 0.0665. The summed E-state index contributed by atoms with van der Waals surface area (Å²) in [5.41, 5.74) is 6.28. The summed E-state index contributed by atoms with van der Waals surface area (Å²) in [6, 6.07) is 1.79. The summed E-state index contributed by atoms with van der Waals surface area (Å²) in [7, 11) is 0. The summed E-state index contributed by atoms with van der Waals surface area (Å²) in [5, 5.41) is 10.3. The lowest BCUT2D eigenvalue weighted by atomic mass is 9.96. The lowest BCUT2D eigenvalue weighted by Crippen LogP contribution is -2.16. The molecule has 0 aliphatic carbocycles. The van der Waals surface area contributed by atoms with Crippen LogP contribution in [0, 0.1) is 0 Å². The predicted molar refractivity (Wildman–Crippen MR) is 66.2 cm³/mol. The van der Waals surface area contributed by atoms with Crippen LogP contribution in [0.15, 0.2) is 6.07 Å². The van der Waals surface area contributed by atoms with Gasteiger partial charge in [-0.1, -0.05) is 18.5 Å². The number of hydrogen-bond acceptors (Lipinski definition) is 4. The van der Waals surface area contributed by atoms with Crippen molar-refractivity contribution in [2.45, 2.75) is 19.3 Å². The highest BCUT2D eigenvalue weighted by molar-refractivity contribution is 6.34. The van der Waals surface area contributed by atoms with Gasteiger partial charge in [0.15, 0.2) is 11.5 Å². The van der Waals surface area contributed by atoms with Crippen molar-refractivity contribution in [3.05, 3.63) is 16.7 Å². The second-order valence-electron chi connectivity index (χ2n) is 4.13. The molecule has 17 heavy (non-hydrogen) atoms. The van der Waals surface area contributed by atoms with Crippen LogP contribution in [-0.2, 0) is 0 Å². The maximum absolute atomic E-state index is 10.0. The molecule has 1 aromatic carbocycles. The van der Waals surface area contributed by atoms with Gasteiger partial charge in [-0.25, -0.2) is 0 Å². The monoisotopic (exact) mass is 257 g/mol. The fraction of sp³-hybridized carbons (Fsp3) is 0.500. The van der Waals surface area contributed by atoms with Crippen molar-refractivity contribution < 1.29 is 14.6 Å². The van der Waals surface area contributed by atoms with E-state index in [0.29, 0.717) is 31.3 Å². The van der Waals surface area contributed by atoms with Gasteiger partial charge in [0.05, 0.1) is 0 Å². The third kappa shape index (κ3) is 2.28. The number of ether oxygens (including phenoxy) is 2. The van der Waals surface area contributed by atoms with E-state index in [9.17, 15) is 5.11 Å². The molecule has 0 saturated heterocycles. The molecular weight excluding hydrogens is 242 g/mol. The van der Waals surface area contributed by atoms with E-state index in [2.05, 4.69) is 0 Å². The number of phenols is 1. The molecule has 1 unspecified atom stereocenters. The maximum Gasteiger partial charge on any atom is 0.183 e. The quantitative estimate of drug-likeness (QED) is 0.872. The van der Waals surface area contributed by atoms with Gasteiger partial charge >= 0.3 is 0 Å². The van der Waals surface area contributed by atoms with Crippen molar-refractivity contribution in [3.63, 3.8) is 0 Å². The predicted octanol–water partition coefficient (Wildman–Crippen LogP) is 2.27. The van der Waals surface area contributed by atoms with E-state index < -0.39 is 0 Å². The SMILES string of the molecule is CC(CCN)c1cc2c(c(Cl)c1O)OCCO2. The normalized spacial score (nSPS) is 15.7. The first-order valence-corrected chi connectivity index (χ1v) is 6.04. The summed E-state index contributed by atoms with van der Waals surface area (Å²) in [6.45, 7) is 3.50. The molecule has 0 radical (unpaired) electrons. The Labute approximate surface area is 105 Å². The number of rotatable bonds is 3. The van der Waals surface area contributed by atoms with Gasteiger partial charge in [-0.3, -0.25) is 0 Å². The Morgan fingerprint density at radius 2 is 2.18 bits per heavy atom. The molecule has 4 nitrogen and oxygen atoms in total. The molecule has 1 atom stereocenters.